The van der Waals surface area contributed by atoms with Gasteiger partial charge in [-0.25, -0.2) is 18.1 Å². The van der Waals surface area contributed by atoms with Gasteiger partial charge in [-0.3, -0.25) is 4.79 Å². The number of para-hydroxylation sites is 1. The van der Waals surface area contributed by atoms with Crippen molar-refractivity contribution in [2.24, 2.45) is 0 Å². The molecule has 2 aromatic heterocycles. The summed E-state index contributed by atoms with van der Waals surface area (Å²) in [5.74, 6) is 0.381. The maximum absolute atomic E-state index is 13.4. The molecule has 2 aromatic carbocycles. The molecule has 0 unspecified atom stereocenters. The van der Waals surface area contributed by atoms with Crippen molar-refractivity contribution in [2.75, 3.05) is 16.8 Å². The highest BCUT2D eigenvalue weighted by molar-refractivity contribution is 7.91. The number of hydrogen-bond donors (Lipinski definition) is 1. The molecule has 4 aromatic rings. The van der Waals surface area contributed by atoms with Crippen molar-refractivity contribution >= 4 is 32.5 Å². The monoisotopic (exact) mass is 446 g/mol. The lowest BCUT2D eigenvalue weighted by molar-refractivity contribution is 0.102. The van der Waals surface area contributed by atoms with E-state index in [0.717, 1.165) is 16.5 Å². The molecule has 162 valence electrons. The van der Waals surface area contributed by atoms with Gasteiger partial charge < -0.3 is 5.32 Å². The van der Waals surface area contributed by atoms with E-state index in [1.165, 1.54) is 0 Å². The summed E-state index contributed by atoms with van der Waals surface area (Å²) in [6.45, 7) is 1.82. The van der Waals surface area contributed by atoms with Crippen molar-refractivity contribution in [1.29, 1.82) is 0 Å². The van der Waals surface area contributed by atoms with Crippen LogP contribution in [0.25, 0.3) is 22.2 Å². The molecule has 1 N–H and O–H groups in total. The first kappa shape index (κ1) is 20.4. The fourth-order valence-electron chi connectivity index (χ4n) is 4.16. The molecule has 0 bridgehead atoms. The van der Waals surface area contributed by atoms with Gasteiger partial charge in [0.25, 0.3) is 5.91 Å². The molecule has 3 heterocycles. The highest BCUT2D eigenvalue weighted by Crippen LogP contribution is 2.29. The van der Waals surface area contributed by atoms with E-state index in [9.17, 15) is 13.2 Å². The summed E-state index contributed by atoms with van der Waals surface area (Å²) in [6, 6.07) is 20.5. The maximum Gasteiger partial charge on any atom is 0.257 e. The Balaban J connectivity index is 1.54. The topological polar surface area (TPSA) is 94.0 Å². The number of aromatic nitrogens is 3. The number of carbonyl (C=O) groups excluding carboxylic acids is 1. The van der Waals surface area contributed by atoms with Crippen LogP contribution in [0, 0.1) is 6.92 Å². The molecule has 1 fully saturated rings. The zero-order chi connectivity index (χ0) is 22.3. The fourth-order valence-corrected chi connectivity index (χ4v) is 5.85. The molecule has 5 rings (SSSR count). The maximum atomic E-state index is 13.4. The lowest BCUT2D eigenvalue weighted by Crippen LogP contribution is -2.20. The van der Waals surface area contributed by atoms with Crippen LogP contribution < -0.4 is 5.32 Å². The molecule has 0 radical (unpaired) electrons. The second kappa shape index (κ2) is 7.87. The molecule has 1 atom stereocenters. The summed E-state index contributed by atoms with van der Waals surface area (Å²) in [6.07, 6.45) is 0.489. The molecule has 8 heteroatoms. The summed E-state index contributed by atoms with van der Waals surface area (Å²) < 4.78 is 25.6. The number of sulfone groups is 1. The van der Waals surface area contributed by atoms with Gasteiger partial charge in [-0.15, -0.1) is 0 Å². The second-order valence-corrected chi connectivity index (χ2v) is 10.3. The minimum atomic E-state index is -3.08. The molecule has 32 heavy (non-hydrogen) atoms. The molecular formula is C24H22N4O3S. The molecule has 1 aliphatic rings. The molecular weight excluding hydrogens is 424 g/mol. The van der Waals surface area contributed by atoms with Crippen molar-refractivity contribution < 1.29 is 13.2 Å². The number of aryl methyl sites for hydroxylation is 1. The number of hydrogen-bond acceptors (Lipinski definition) is 5. The van der Waals surface area contributed by atoms with Crippen LogP contribution in [0.15, 0.2) is 66.7 Å². The summed E-state index contributed by atoms with van der Waals surface area (Å²) in [5.41, 5.74) is 3.57. The number of anilines is 1. The molecule has 1 saturated heterocycles. The van der Waals surface area contributed by atoms with Crippen LogP contribution in [0.1, 0.15) is 28.5 Å². The fraction of sp³-hybridized carbons (Fsp3) is 0.208. The third-order valence-corrected chi connectivity index (χ3v) is 7.43. The van der Waals surface area contributed by atoms with Crippen LogP contribution in [0.2, 0.25) is 0 Å². The van der Waals surface area contributed by atoms with Gasteiger partial charge in [0, 0.05) is 17.0 Å². The largest absolute Gasteiger partial charge is 0.307 e. The van der Waals surface area contributed by atoms with Gasteiger partial charge in [0.05, 0.1) is 40.0 Å². The van der Waals surface area contributed by atoms with E-state index in [-0.39, 0.29) is 23.5 Å². The van der Waals surface area contributed by atoms with Crippen LogP contribution in [-0.4, -0.2) is 40.6 Å². The standard InChI is InChI=1S/C24H22N4O3S/c1-16-13-23(28(27-16)18-11-12-32(30,31)15-18)26-24(29)20-14-22(17-7-3-2-4-8-17)25-21-10-6-5-9-19(20)21/h2-10,13-14,18H,11-12,15H2,1H3,(H,26,29)/t18-/m1/s1. The second-order valence-electron chi connectivity index (χ2n) is 8.06. The predicted molar refractivity (Wildman–Crippen MR) is 124 cm³/mol. The predicted octanol–water partition coefficient (Wildman–Crippen LogP) is 4.02. The Morgan fingerprint density at radius 1 is 1.06 bits per heavy atom. The van der Waals surface area contributed by atoms with Gasteiger partial charge in [0.2, 0.25) is 0 Å². The summed E-state index contributed by atoms with van der Waals surface area (Å²) in [7, 11) is -3.08. The quantitative estimate of drug-likeness (QED) is 0.511. The van der Waals surface area contributed by atoms with Crippen LogP contribution in [0.4, 0.5) is 5.82 Å². The van der Waals surface area contributed by atoms with Gasteiger partial charge in [0.15, 0.2) is 9.84 Å². The Kier molecular flexibility index (Phi) is 5.01. The lowest BCUT2D eigenvalue weighted by atomic mass is 10.0. The van der Waals surface area contributed by atoms with Gasteiger partial charge in [-0.05, 0) is 25.5 Å². The Hall–Kier alpha value is -3.52. The first-order chi connectivity index (χ1) is 15.4. The average Bonchev–Trinajstić information content (AvgIpc) is 3.34. The van der Waals surface area contributed by atoms with E-state index in [2.05, 4.69) is 10.4 Å². The van der Waals surface area contributed by atoms with Crippen LogP contribution in [0.3, 0.4) is 0 Å². The number of fused-ring (bicyclic) bond motifs is 1. The zero-order valence-electron chi connectivity index (χ0n) is 17.5. The Morgan fingerprint density at radius 3 is 2.56 bits per heavy atom. The Bertz CT molecular complexity index is 1430. The zero-order valence-corrected chi connectivity index (χ0v) is 18.3. The summed E-state index contributed by atoms with van der Waals surface area (Å²) in [5, 5.41) is 8.17. The van der Waals surface area contributed by atoms with E-state index in [4.69, 9.17) is 4.98 Å². The number of rotatable bonds is 4. The minimum Gasteiger partial charge on any atom is -0.307 e. The number of carbonyl (C=O) groups is 1. The first-order valence-corrected chi connectivity index (χ1v) is 12.2. The minimum absolute atomic E-state index is 0.0351. The van der Waals surface area contributed by atoms with Crippen molar-refractivity contribution in [3.05, 3.63) is 78.0 Å². The van der Waals surface area contributed by atoms with Gasteiger partial charge in [0.1, 0.15) is 5.82 Å². The summed E-state index contributed by atoms with van der Waals surface area (Å²) in [4.78, 5) is 18.1. The smallest absolute Gasteiger partial charge is 0.257 e. The van der Waals surface area contributed by atoms with Crippen molar-refractivity contribution in [3.8, 4) is 11.3 Å². The van der Waals surface area contributed by atoms with Gasteiger partial charge in [-0.2, -0.15) is 5.10 Å². The van der Waals surface area contributed by atoms with Crippen LogP contribution >= 0.6 is 0 Å². The van der Waals surface area contributed by atoms with Crippen molar-refractivity contribution in [1.82, 2.24) is 14.8 Å². The van der Waals surface area contributed by atoms with Crippen LogP contribution in [0.5, 0.6) is 0 Å². The van der Waals surface area contributed by atoms with Gasteiger partial charge >= 0.3 is 0 Å². The molecule has 7 nitrogen and oxygen atoms in total. The summed E-state index contributed by atoms with van der Waals surface area (Å²) >= 11 is 0. The number of pyridine rings is 1. The van der Waals surface area contributed by atoms with E-state index < -0.39 is 9.84 Å². The normalized spacial score (nSPS) is 17.5. The molecule has 1 aliphatic heterocycles. The first-order valence-electron chi connectivity index (χ1n) is 10.4. The van der Waals surface area contributed by atoms with Gasteiger partial charge in [-0.1, -0.05) is 48.5 Å². The number of benzene rings is 2. The molecule has 0 saturated carbocycles. The van der Waals surface area contributed by atoms with E-state index in [0.29, 0.717) is 29.2 Å². The van der Waals surface area contributed by atoms with Crippen LogP contribution in [-0.2, 0) is 9.84 Å². The average molecular weight is 447 g/mol. The van der Waals surface area contributed by atoms with Crippen molar-refractivity contribution in [3.63, 3.8) is 0 Å². The SMILES string of the molecule is Cc1cc(NC(=O)c2cc(-c3ccccc3)nc3ccccc23)n([C@@H]2CCS(=O)(=O)C2)n1. The highest BCUT2D eigenvalue weighted by atomic mass is 32.2. The Labute approximate surface area is 186 Å². The van der Waals surface area contributed by atoms with E-state index >= 15 is 0 Å². The third-order valence-electron chi connectivity index (χ3n) is 5.68. The number of nitrogens with one attached hydrogen (secondary N) is 1. The third kappa shape index (κ3) is 3.89. The molecule has 1 amide bonds. The Morgan fingerprint density at radius 2 is 1.81 bits per heavy atom. The lowest BCUT2D eigenvalue weighted by Gasteiger charge is -2.15. The number of nitrogens with zero attached hydrogens (tertiary/aromatic N) is 3. The van der Waals surface area contributed by atoms with E-state index in [1.54, 1.807) is 16.8 Å². The van der Waals surface area contributed by atoms with E-state index in [1.807, 2.05) is 61.5 Å². The number of amides is 1. The highest BCUT2D eigenvalue weighted by Gasteiger charge is 2.31. The molecule has 0 aliphatic carbocycles. The molecule has 0 spiro atoms. The van der Waals surface area contributed by atoms with Crippen molar-refractivity contribution in [2.45, 2.75) is 19.4 Å².